The molecule has 0 saturated carbocycles. The third-order valence-corrected chi connectivity index (χ3v) is 4.40. The largest absolute Gasteiger partial charge is 0.497 e. The first-order valence-corrected chi connectivity index (χ1v) is 8.28. The average Bonchev–Trinajstić information content (AvgIpc) is 3.32. The van der Waals surface area contributed by atoms with Crippen molar-refractivity contribution in [3.8, 4) is 40.3 Å². The SMILES string of the molecule is COc1ccc2oc(-c3noc(-c4ccc(OC)c(OC)c4)n3)c(C)c2c1. The summed E-state index contributed by atoms with van der Waals surface area (Å²) < 4.78 is 27.2. The third-order valence-electron chi connectivity index (χ3n) is 4.40. The summed E-state index contributed by atoms with van der Waals surface area (Å²) in [5.41, 5.74) is 2.38. The van der Waals surface area contributed by atoms with Gasteiger partial charge in [0.1, 0.15) is 11.3 Å². The average molecular weight is 366 g/mol. The molecular formula is C20H18N2O5. The standard InChI is InChI=1S/C20H18N2O5/c1-11-14-10-13(23-2)6-8-15(14)26-18(11)19-21-20(27-22-19)12-5-7-16(24-3)17(9-12)25-4/h5-10H,1-4H3. The number of rotatable bonds is 5. The molecule has 0 aliphatic carbocycles. The molecule has 0 unspecified atom stereocenters. The van der Waals surface area contributed by atoms with Crippen molar-refractivity contribution in [1.82, 2.24) is 10.1 Å². The number of benzene rings is 2. The Morgan fingerprint density at radius 1 is 0.889 bits per heavy atom. The van der Waals surface area contributed by atoms with Gasteiger partial charge < -0.3 is 23.2 Å². The maximum atomic E-state index is 5.93. The fourth-order valence-corrected chi connectivity index (χ4v) is 2.94. The number of methoxy groups -OCH3 is 3. The van der Waals surface area contributed by atoms with E-state index in [-0.39, 0.29) is 0 Å². The van der Waals surface area contributed by atoms with E-state index in [1.807, 2.05) is 31.2 Å². The number of fused-ring (bicyclic) bond motifs is 1. The molecule has 0 aliphatic heterocycles. The van der Waals surface area contributed by atoms with Crippen LogP contribution in [0.1, 0.15) is 5.56 Å². The van der Waals surface area contributed by atoms with Crippen molar-refractivity contribution in [2.45, 2.75) is 6.92 Å². The molecule has 4 rings (SSSR count). The van der Waals surface area contributed by atoms with E-state index in [0.717, 1.165) is 27.8 Å². The topological polar surface area (TPSA) is 79.8 Å². The second-order valence-corrected chi connectivity index (χ2v) is 5.91. The number of aryl methyl sites for hydroxylation is 1. The molecule has 0 amide bonds. The number of hydrogen-bond acceptors (Lipinski definition) is 7. The molecule has 2 aromatic carbocycles. The monoisotopic (exact) mass is 366 g/mol. The van der Waals surface area contributed by atoms with Crippen molar-refractivity contribution in [2.24, 2.45) is 0 Å². The predicted molar refractivity (Wildman–Crippen MR) is 99.3 cm³/mol. The van der Waals surface area contributed by atoms with Crippen LogP contribution in [0.15, 0.2) is 45.3 Å². The second kappa shape index (κ2) is 6.68. The third kappa shape index (κ3) is 2.87. The Labute approximate surface area is 155 Å². The van der Waals surface area contributed by atoms with E-state index < -0.39 is 0 Å². The molecule has 0 saturated heterocycles. The highest BCUT2D eigenvalue weighted by molar-refractivity contribution is 5.87. The molecular weight excluding hydrogens is 348 g/mol. The molecule has 0 fully saturated rings. The van der Waals surface area contributed by atoms with E-state index in [4.69, 9.17) is 23.2 Å². The van der Waals surface area contributed by atoms with Gasteiger partial charge in [-0.05, 0) is 43.3 Å². The Bertz CT molecular complexity index is 1110. The summed E-state index contributed by atoms with van der Waals surface area (Å²) in [5, 5.41) is 5.02. The van der Waals surface area contributed by atoms with Crippen LogP contribution < -0.4 is 14.2 Å². The number of nitrogens with zero attached hydrogens (tertiary/aromatic N) is 2. The quantitative estimate of drug-likeness (QED) is 0.515. The number of aromatic nitrogens is 2. The maximum Gasteiger partial charge on any atom is 0.258 e. The van der Waals surface area contributed by atoms with Crippen molar-refractivity contribution >= 4 is 11.0 Å². The van der Waals surface area contributed by atoms with Crippen LogP contribution in [0.5, 0.6) is 17.2 Å². The van der Waals surface area contributed by atoms with E-state index in [2.05, 4.69) is 10.1 Å². The van der Waals surface area contributed by atoms with Gasteiger partial charge in [-0.3, -0.25) is 0 Å². The Morgan fingerprint density at radius 3 is 2.44 bits per heavy atom. The van der Waals surface area contributed by atoms with Gasteiger partial charge in [0.2, 0.25) is 5.82 Å². The van der Waals surface area contributed by atoms with E-state index in [1.54, 1.807) is 33.5 Å². The van der Waals surface area contributed by atoms with Gasteiger partial charge in [0.25, 0.3) is 5.89 Å². The van der Waals surface area contributed by atoms with Crippen molar-refractivity contribution in [1.29, 1.82) is 0 Å². The Balaban J connectivity index is 1.75. The van der Waals surface area contributed by atoms with Crippen molar-refractivity contribution in [2.75, 3.05) is 21.3 Å². The zero-order valence-electron chi connectivity index (χ0n) is 15.4. The smallest absolute Gasteiger partial charge is 0.258 e. The number of hydrogen-bond donors (Lipinski definition) is 0. The molecule has 0 bridgehead atoms. The van der Waals surface area contributed by atoms with Crippen LogP contribution in [-0.2, 0) is 0 Å². The van der Waals surface area contributed by atoms with Crippen LogP contribution in [0, 0.1) is 6.92 Å². The molecule has 2 heterocycles. The minimum atomic E-state index is 0.364. The van der Waals surface area contributed by atoms with E-state index in [0.29, 0.717) is 29.0 Å². The zero-order chi connectivity index (χ0) is 19.0. The lowest BCUT2D eigenvalue weighted by Gasteiger charge is -2.07. The van der Waals surface area contributed by atoms with Crippen molar-refractivity contribution < 1.29 is 23.2 Å². The Morgan fingerprint density at radius 2 is 1.70 bits per heavy atom. The summed E-state index contributed by atoms with van der Waals surface area (Å²) in [5.74, 6) is 3.28. The second-order valence-electron chi connectivity index (χ2n) is 5.91. The molecule has 4 aromatic rings. The van der Waals surface area contributed by atoms with E-state index >= 15 is 0 Å². The van der Waals surface area contributed by atoms with Gasteiger partial charge in [-0.25, -0.2) is 0 Å². The first kappa shape index (κ1) is 17.0. The van der Waals surface area contributed by atoms with E-state index in [1.165, 1.54) is 0 Å². The molecule has 138 valence electrons. The number of furan rings is 1. The van der Waals surface area contributed by atoms with Crippen molar-refractivity contribution in [3.05, 3.63) is 42.0 Å². The lowest BCUT2D eigenvalue weighted by atomic mass is 10.1. The highest BCUT2D eigenvalue weighted by Gasteiger charge is 2.19. The summed E-state index contributed by atoms with van der Waals surface area (Å²) in [4.78, 5) is 4.48. The van der Waals surface area contributed by atoms with Gasteiger partial charge in [-0.15, -0.1) is 0 Å². The van der Waals surface area contributed by atoms with E-state index in [9.17, 15) is 0 Å². The Kier molecular flexibility index (Phi) is 4.19. The minimum Gasteiger partial charge on any atom is -0.497 e. The highest BCUT2D eigenvalue weighted by atomic mass is 16.5. The summed E-state index contributed by atoms with van der Waals surface area (Å²) in [6.07, 6.45) is 0. The van der Waals surface area contributed by atoms with Crippen LogP contribution in [0.3, 0.4) is 0 Å². The van der Waals surface area contributed by atoms with Gasteiger partial charge in [-0.1, -0.05) is 5.16 Å². The van der Waals surface area contributed by atoms with Gasteiger partial charge in [0.05, 0.1) is 21.3 Å². The predicted octanol–water partition coefficient (Wildman–Crippen LogP) is 4.48. The van der Waals surface area contributed by atoms with Gasteiger partial charge in [-0.2, -0.15) is 4.98 Å². The molecule has 0 aliphatic rings. The molecule has 7 nitrogen and oxygen atoms in total. The van der Waals surface area contributed by atoms with Crippen LogP contribution in [0.25, 0.3) is 34.0 Å². The molecule has 0 atom stereocenters. The molecule has 2 aromatic heterocycles. The minimum absolute atomic E-state index is 0.364. The van der Waals surface area contributed by atoms with Crippen LogP contribution in [0.4, 0.5) is 0 Å². The lowest BCUT2D eigenvalue weighted by molar-refractivity contribution is 0.355. The fourth-order valence-electron chi connectivity index (χ4n) is 2.94. The normalized spacial score (nSPS) is 11.0. The molecule has 7 heteroatoms. The van der Waals surface area contributed by atoms with Crippen LogP contribution in [0.2, 0.25) is 0 Å². The molecule has 0 radical (unpaired) electrons. The van der Waals surface area contributed by atoms with Gasteiger partial charge in [0.15, 0.2) is 17.3 Å². The van der Waals surface area contributed by atoms with Crippen LogP contribution in [-0.4, -0.2) is 31.5 Å². The lowest BCUT2D eigenvalue weighted by Crippen LogP contribution is -1.90. The van der Waals surface area contributed by atoms with Gasteiger partial charge >= 0.3 is 0 Å². The van der Waals surface area contributed by atoms with Crippen molar-refractivity contribution in [3.63, 3.8) is 0 Å². The molecule has 27 heavy (non-hydrogen) atoms. The van der Waals surface area contributed by atoms with Crippen LogP contribution >= 0.6 is 0 Å². The first-order valence-electron chi connectivity index (χ1n) is 8.28. The van der Waals surface area contributed by atoms with Gasteiger partial charge in [0, 0.05) is 16.5 Å². The fraction of sp³-hybridized carbons (Fsp3) is 0.200. The first-order chi connectivity index (χ1) is 13.1. The summed E-state index contributed by atoms with van der Waals surface area (Å²) in [6, 6.07) is 11.0. The Hall–Kier alpha value is -3.48. The summed E-state index contributed by atoms with van der Waals surface area (Å²) in [7, 11) is 4.79. The number of ether oxygens (including phenoxy) is 3. The zero-order valence-corrected chi connectivity index (χ0v) is 15.4. The highest BCUT2D eigenvalue weighted by Crippen LogP contribution is 2.36. The summed E-state index contributed by atoms with van der Waals surface area (Å²) >= 11 is 0. The molecule has 0 N–H and O–H groups in total. The summed E-state index contributed by atoms with van der Waals surface area (Å²) in [6.45, 7) is 1.95. The maximum absolute atomic E-state index is 5.93. The molecule has 0 spiro atoms.